The summed E-state index contributed by atoms with van der Waals surface area (Å²) in [6.07, 6.45) is -1.16. The molecule has 0 bridgehead atoms. The van der Waals surface area contributed by atoms with Crippen LogP contribution >= 0.6 is 0 Å². The van der Waals surface area contributed by atoms with Crippen LogP contribution in [0.15, 0.2) is 54.6 Å². The van der Waals surface area contributed by atoms with E-state index in [1.807, 2.05) is 0 Å². The van der Waals surface area contributed by atoms with Crippen LogP contribution in [0, 0.1) is 0 Å². The summed E-state index contributed by atoms with van der Waals surface area (Å²) in [5.41, 5.74) is 7.35. The van der Waals surface area contributed by atoms with Crippen LogP contribution in [0.25, 0.3) is 0 Å². The van der Waals surface area contributed by atoms with Crippen molar-refractivity contribution in [1.29, 1.82) is 0 Å². The van der Waals surface area contributed by atoms with Gasteiger partial charge in [-0.1, -0.05) is 42.5 Å². The Bertz CT molecular complexity index is 1040. The molecule has 2 rings (SSSR count). The molecule has 0 saturated carbocycles. The van der Waals surface area contributed by atoms with Crippen molar-refractivity contribution in [3.05, 3.63) is 65.7 Å². The number of aliphatic hydroxyl groups is 1. The van der Waals surface area contributed by atoms with Crippen molar-refractivity contribution in [3.8, 4) is 5.75 Å². The van der Waals surface area contributed by atoms with Crippen LogP contribution in [-0.2, 0) is 32.0 Å². The number of phenols is 1. The van der Waals surface area contributed by atoms with Crippen molar-refractivity contribution in [2.45, 2.75) is 57.0 Å². The van der Waals surface area contributed by atoms with Crippen LogP contribution in [0.3, 0.4) is 0 Å². The molecular weight excluding hydrogens is 468 g/mol. The van der Waals surface area contributed by atoms with Gasteiger partial charge in [-0.15, -0.1) is 0 Å². The van der Waals surface area contributed by atoms with E-state index >= 15 is 0 Å². The minimum atomic E-state index is -1.42. The molecule has 0 fully saturated rings. The van der Waals surface area contributed by atoms with Crippen LogP contribution in [0.2, 0.25) is 0 Å². The fourth-order valence-electron chi connectivity index (χ4n) is 3.34. The molecule has 0 radical (unpaired) electrons. The standard InChI is InChI=1S/C25H32N4O7/c1-14(25(35)36)27-23(33)20(13-16-6-4-3-5-7-16)28-24(34)21(15(2)30)29-22(32)19(26)12-17-8-10-18(31)11-9-17/h3-11,14-15,19-21,30-31H,12-13,26H2,1-2H3,(H,27,33)(H,28,34)(H,29,32)(H,35,36). The van der Waals surface area contributed by atoms with Gasteiger partial charge >= 0.3 is 5.97 Å². The molecule has 11 heteroatoms. The molecule has 3 amide bonds. The first-order valence-corrected chi connectivity index (χ1v) is 11.4. The van der Waals surface area contributed by atoms with Crippen molar-refractivity contribution in [2.75, 3.05) is 0 Å². The van der Waals surface area contributed by atoms with Gasteiger partial charge in [0.2, 0.25) is 17.7 Å². The number of carbonyl (C=O) groups excluding carboxylic acids is 3. The number of phenolic OH excluding ortho intramolecular Hbond substituents is 1. The van der Waals surface area contributed by atoms with E-state index in [2.05, 4.69) is 16.0 Å². The summed E-state index contributed by atoms with van der Waals surface area (Å²) in [6.45, 7) is 2.59. The van der Waals surface area contributed by atoms with E-state index < -0.39 is 54.0 Å². The van der Waals surface area contributed by atoms with Crippen molar-refractivity contribution in [3.63, 3.8) is 0 Å². The first-order valence-electron chi connectivity index (χ1n) is 11.4. The van der Waals surface area contributed by atoms with Crippen LogP contribution < -0.4 is 21.7 Å². The van der Waals surface area contributed by atoms with Gasteiger partial charge in [0, 0.05) is 6.42 Å². The number of carbonyl (C=O) groups is 4. The van der Waals surface area contributed by atoms with Gasteiger partial charge in [-0.05, 0) is 43.5 Å². The number of carboxylic acids is 1. The molecule has 2 aromatic rings. The summed E-state index contributed by atoms with van der Waals surface area (Å²) in [7, 11) is 0. The SMILES string of the molecule is CC(NC(=O)C(Cc1ccccc1)NC(=O)C(NC(=O)C(N)Cc1ccc(O)cc1)C(C)O)C(=O)O. The molecule has 0 aliphatic carbocycles. The number of carboxylic acid groups (broad SMARTS) is 1. The van der Waals surface area contributed by atoms with Crippen LogP contribution in [-0.4, -0.2) is 69.3 Å². The van der Waals surface area contributed by atoms with Crippen molar-refractivity contribution in [2.24, 2.45) is 5.73 Å². The third-order valence-electron chi connectivity index (χ3n) is 5.44. The quantitative estimate of drug-likeness (QED) is 0.202. The lowest BCUT2D eigenvalue weighted by molar-refractivity contribution is -0.142. The Morgan fingerprint density at radius 3 is 1.94 bits per heavy atom. The van der Waals surface area contributed by atoms with Gasteiger partial charge in [0.15, 0.2) is 0 Å². The normalized spacial score (nSPS) is 15.0. The smallest absolute Gasteiger partial charge is 0.325 e. The number of aliphatic hydroxyl groups excluding tert-OH is 1. The van der Waals surface area contributed by atoms with Gasteiger partial charge in [-0.25, -0.2) is 0 Å². The topological polar surface area (TPSA) is 191 Å². The Kier molecular flexibility index (Phi) is 10.4. The first-order chi connectivity index (χ1) is 17.0. The highest BCUT2D eigenvalue weighted by molar-refractivity contribution is 5.94. The molecule has 0 heterocycles. The number of rotatable bonds is 12. The Labute approximate surface area is 208 Å². The van der Waals surface area contributed by atoms with Gasteiger partial charge in [0.05, 0.1) is 12.1 Å². The van der Waals surface area contributed by atoms with Crippen molar-refractivity contribution in [1.82, 2.24) is 16.0 Å². The van der Waals surface area contributed by atoms with E-state index in [9.17, 15) is 29.4 Å². The molecule has 0 aliphatic rings. The molecule has 2 aromatic carbocycles. The maximum Gasteiger partial charge on any atom is 0.325 e. The number of amides is 3. The fraction of sp³-hybridized carbons (Fsp3) is 0.360. The number of hydrogen-bond acceptors (Lipinski definition) is 7. The van der Waals surface area contributed by atoms with Gasteiger partial charge in [0.25, 0.3) is 0 Å². The molecule has 5 atom stereocenters. The van der Waals surface area contributed by atoms with E-state index in [0.29, 0.717) is 11.1 Å². The summed E-state index contributed by atoms with van der Waals surface area (Å²) in [4.78, 5) is 49.6. The maximum atomic E-state index is 13.0. The highest BCUT2D eigenvalue weighted by atomic mass is 16.4. The lowest BCUT2D eigenvalue weighted by atomic mass is 10.0. The molecular formula is C25H32N4O7. The number of hydrogen-bond donors (Lipinski definition) is 7. The minimum absolute atomic E-state index is 0.0472. The monoisotopic (exact) mass is 500 g/mol. The molecule has 0 aromatic heterocycles. The Hall–Kier alpha value is -3.96. The van der Waals surface area contributed by atoms with Crippen molar-refractivity contribution < 1.29 is 34.5 Å². The third-order valence-corrected chi connectivity index (χ3v) is 5.44. The molecule has 0 aliphatic heterocycles. The maximum absolute atomic E-state index is 13.0. The number of aliphatic carboxylic acids is 1. The zero-order valence-corrected chi connectivity index (χ0v) is 20.0. The largest absolute Gasteiger partial charge is 0.508 e. The molecule has 5 unspecified atom stereocenters. The predicted octanol–water partition coefficient (Wildman–Crippen LogP) is -0.556. The fourth-order valence-corrected chi connectivity index (χ4v) is 3.34. The Morgan fingerprint density at radius 2 is 1.39 bits per heavy atom. The van der Waals surface area contributed by atoms with E-state index in [-0.39, 0.29) is 18.6 Å². The molecule has 0 saturated heterocycles. The van der Waals surface area contributed by atoms with E-state index in [1.165, 1.54) is 26.0 Å². The van der Waals surface area contributed by atoms with Gasteiger partial charge in [-0.3, -0.25) is 19.2 Å². The van der Waals surface area contributed by atoms with E-state index in [0.717, 1.165) is 0 Å². The van der Waals surface area contributed by atoms with Crippen molar-refractivity contribution >= 4 is 23.7 Å². The molecule has 36 heavy (non-hydrogen) atoms. The number of nitrogens with two attached hydrogens (primary N) is 1. The average molecular weight is 501 g/mol. The van der Waals surface area contributed by atoms with Gasteiger partial charge < -0.3 is 37.0 Å². The van der Waals surface area contributed by atoms with E-state index in [4.69, 9.17) is 10.8 Å². The average Bonchev–Trinajstić information content (AvgIpc) is 2.83. The Balaban J connectivity index is 2.12. The van der Waals surface area contributed by atoms with Crippen LogP contribution in [0.4, 0.5) is 0 Å². The summed E-state index contributed by atoms with van der Waals surface area (Å²) in [5.74, 6) is -3.46. The zero-order chi connectivity index (χ0) is 26.8. The second-order valence-electron chi connectivity index (χ2n) is 8.52. The summed E-state index contributed by atoms with van der Waals surface area (Å²) >= 11 is 0. The lowest BCUT2D eigenvalue weighted by Gasteiger charge is -2.26. The number of nitrogens with one attached hydrogen (secondary N) is 3. The van der Waals surface area contributed by atoms with Gasteiger partial charge in [0.1, 0.15) is 23.9 Å². The Morgan fingerprint density at radius 1 is 0.806 bits per heavy atom. The lowest BCUT2D eigenvalue weighted by Crippen LogP contribution is -2.60. The molecule has 11 nitrogen and oxygen atoms in total. The minimum Gasteiger partial charge on any atom is -0.508 e. The second-order valence-corrected chi connectivity index (χ2v) is 8.52. The zero-order valence-electron chi connectivity index (χ0n) is 20.0. The highest BCUT2D eigenvalue weighted by Gasteiger charge is 2.32. The molecule has 8 N–H and O–H groups in total. The van der Waals surface area contributed by atoms with E-state index in [1.54, 1.807) is 42.5 Å². The first kappa shape index (κ1) is 28.3. The second kappa shape index (κ2) is 13.2. The predicted molar refractivity (Wildman–Crippen MR) is 131 cm³/mol. The van der Waals surface area contributed by atoms with Crippen LogP contribution in [0.5, 0.6) is 5.75 Å². The number of aromatic hydroxyl groups is 1. The molecule has 194 valence electrons. The summed E-state index contributed by atoms with van der Waals surface area (Å²) in [6, 6.07) is 10.0. The highest BCUT2D eigenvalue weighted by Crippen LogP contribution is 2.11. The summed E-state index contributed by atoms with van der Waals surface area (Å²) in [5, 5.41) is 35.9. The summed E-state index contributed by atoms with van der Waals surface area (Å²) < 4.78 is 0. The van der Waals surface area contributed by atoms with Crippen LogP contribution in [0.1, 0.15) is 25.0 Å². The van der Waals surface area contributed by atoms with Gasteiger partial charge in [-0.2, -0.15) is 0 Å². The molecule has 0 spiro atoms. The number of benzene rings is 2. The third kappa shape index (κ3) is 8.67.